The lowest BCUT2D eigenvalue weighted by Crippen LogP contribution is -2.47. The molecule has 0 spiro atoms. The van der Waals surface area contributed by atoms with E-state index in [4.69, 9.17) is 10.5 Å². The molecule has 3 N–H and O–H groups in total. The van der Waals surface area contributed by atoms with Crippen LogP contribution in [0.5, 0.6) is 5.75 Å². The van der Waals surface area contributed by atoms with Crippen molar-refractivity contribution in [3.63, 3.8) is 0 Å². The highest BCUT2D eigenvalue weighted by Gasteiger charge is 2.28. The summed E-state index contributed by atoms with van der Waals surface area (Å²) in [5.74, 6) is 0.438. The number of ether oxygens (including phenoxy) is 1. The van der Waals surface area contributed by atoms with Gasteiger partial charge >= 0.3 is 0 Å². The average Bonchev–Trinajstić information content (AvgIpc) is 2.64. The number of nitrogens with two attached hydrogens (primary N) is 1. The predicted molar refractivity (Wildman–Crippen MR) is 92.7 cm³/mol. The van der Waals surface area contributed by atoms with Gasteiger partial charge in [0.1, 0.15) is 5.75 Å². The molecule has 1 aromatic rings. The molecule has 1 aliphatic heterocycles. The minimum absolute atomic E-state index is 0.00259. The topological polar surface area (TPSA) is 84.7 Å². The number of hydrogen-bond donors (Lipinski definition) is 2. The number of nitrogens with zero attached hydrogens (tertiary/aromatic N) is 1. The molecule has 1 atom stereocenters. The van der Waals surface area contributed by atoms with Crippen LogP contribution >= 0.6 is 0 Å². The second-order valence-corrected chi connectivity index (χ2v) is 6.04. The number of carbonyl (C=O) groups excluding carboxylic acids is 2. The third-order valence-corrected chi connectivity index (χ3v) is 4.28. The molecule has 0 saturated carbocycles. The lowest BCUT2D eigenvalue weighted by atomic mass is 9.97. The Balaban J connectivity index is 1.81. The second kappa shape index (κ2) is 9.27. The van der Waals surface area contributed by atoms with Crippen molar-refractivity contribution < 1.29 is 14.3 Å². The largest absolute Gasteiger partial charge is 0.484 e. The van der Waals surface area contributed by atoms with Crippen LogP contribution in [0.25, 0.3) is 0 Å². The van der Waals surface area contributed by atoms with E-state index in [1.54, 1.807) is 4.90 Å². The maximum atomic E-state index is 12.3. The average molecular weight is 333 g/mol. The highest BCUT2D eigenvalue weighted by atomic mass is 16.5. The van der Waals surface area contributed by atoms with E-state index in [2.05, 4.69) is 12.2 Å². The highest BCUT2D eigenvalue weighted by molar-refractivity contribution is 5.81. The number of amides is 2. The summed E-state index contributed by atoms with van der Waals surface area (Å²) in [7, 11) is 0. The molecule has 0 aromatic heterocycles. The number of aryl methyl sites for hydroxylation is 1. The molecule has 2 rings (SSSR count). The Morgan fingerprint density at radius 3 is 2.75 bits per heavy atom. The molecule has 1 saturated heterocycles. The molecule has 1 fully saturated rings. The number of benzene rings is 1. The Labute approximate surface area is 143 Å². The fourth-order valence-corrected chi connectivity index (χ4v) is 2.82. The van der Waals surface area contributed by atoms with Crippen molar-refractivity contribution in [2.45, 2.75) is 26.2 Å². The summed E-state index contributed by atoms with van der Waals surface area (Å²) >= 11 is 0. The van der Waals surface area contributed by atoms with Gasteiger partial charge in [-0.15, -0.1) is 0 Å². The van der Waals surface area contributed by atoms with E-state index in [9.17, 15) is 9.59 Å². The lowest BCUT2D eigenvalue weighted by Gasteiger charge is -2.32. The number of hydrogen-bond acceptors (Lipinski definition) is 4. The highest BCUT2D eigenvalue weighted by Crippen LogP contribution is 2.17. The van der Waals surface area contributed by atoms with Crippen LogP contribution < -0.4 is 15.8 Å². The normalized spacial score (nSPS) is 17.4. The summed E-state index contributed by atoms with van der Waals surface area (Å²) < 4.78 is 5.57. The zero-order valence-corrected chi connectivity index (χ0v) is 14.3. The predicted octanol–water partition coefficient (Wildman–Crippen LogP) is 0.941. The Morgan fingerprint density at radius 1 is 1.33 bits per heavy atom. The van der Waals surface area contributed by atoms with Gasteiger partial charge in [0.2, 0.25) is 5.91 Å². The summed E-state index contributed by atoms with van der Waals surface area (Å²) in [6, 6.07) is 7.76. The Bertz CT molecular complexity index is 545. The third kappa shape index (κ3) is 5.23. The van der Waals surface area contributed by atoms with Gasteiger partial charge in [-0.2, -0.15) is 0 Å². The van der Waals surface area contributed by atoms with Crippen LogP contribution in [0.2, 0.25) is 0 Å². The van der Waals surface area contributed by atoms with Crippen LogP contribution in [0.3, 0.4) is 0 Å². The molecule has 24 heavy (non-hydrogen) atoms. The monoisotopic (exact) mass is 333 g/mol. The first-order valence-corrected chi connectivity index (χ1v) is 8.61. The Hall–Kier alpha value is -2.08. The van der Waals surface area contributed by atoms with Crippen LogP contribution in [0.1, 0.15) is 25.3 Å². The van der Waals surface area contributed by atoms with Crippen LogP contribution in [-0.2, 0) is 16.0 Å². The Kier molecular flexibility index (Phi) is 7.06. The molecule has 0 radical (unpaired) electrons. The van der Waals surface area contributed by atoms with Gasteiger partial charge in [0.25, 0.3) is 5.91 Å². The van der Waals surface area contributed by atoms with Crippen molar-refractivity contribution in [2.75, 3.05) is 32.8 Å². The minimum atomic E-state index is -0.155. The van der Waals surface area contributed by atoms with Gasteiger partial charge in [-0.25, -0.2) is 0 Å². The maximum Gasteiger partial charge on any atom is 0.260 e. The molecule has 6 heteroatoms. The quantitative estimate of drug-likeness (QED) is 0.778. The number of carbonyl (C=O) groups is 2. The van der Waals surface area contributed by atoms with Crippen molar-refractivity contribution in [1.29, 1.82) is 0 Å². The molecule has 2 amide bonds. The van der Waals surface area contributed by atoms with E-state index in [-0.39, 0.29) is 24.3 Å². The number of piperidine rings is 1. The summed E-state index contributed by atoms with van der Waals surface area (Å²) in [6.45, 7) is 4.12. The van der Waals surface area contributed by atoms with Gasteiger partial charge < -0.3 is 20.7 Å². The standard InChI is InChI=1S/C18H27N3O3/c1-2-14-5-7-16(8-6-14)24-13-17(22)21-11-3-4-15(12-21)18(23)20-10-9-19/h5-8,15H,2-4,9-13,19H2,1H3,(H,20,23). The van der Waals surface area contributed by atoms with Gasteiger partial charge in [-0.3, -0.25) is 9.59 Å². The first-order chi connectivity index (χ1) is 11.6. The molecular formula is C18H27N3O3. The zero-order chi connectivity index (χ0) is 17.4. The number of rotatable bonds is 7. The van der Waals surface area contributed by atoms with Gasteiger partial charge in [-0.05, 0) is 37.0 Å². The molecule has 0 bridgehead atoms. The van der Waals surface area contributed by atoms with Crippen LogP contribution in [0.15, 0.2) is 24.3 Å². The molecule has 1 heterocycles. The van der Waals surface area contributed by atoms with Gasteiger partial charge in [0.05, 0.1) is 5.92 Å². The van der Waals surface area contributed by atoms with Crippen molar-refractivity contribution in [2.24, 2.45) is 11.7 Å². The molecule has 6 nitrogen and oxygen atoms in total. The van der Waals surface area contributed by atoms with E-state index in [0.29, 0.717) is 31.9 Å². The lowest BCUT2D eigenvalue weighted by molar-refractivity contribution is -0.137. The van der Waals surface area contributed by atoms with Crippen molar-refractivity contribution in [3.05, 3.63) is 29.8 Å². The van der Waals surface area contributed by atoms with Crippen LogP contribution in [0.4, 0.5) is 0 Å². The van der Waals surface area contributed by atoms with Crippen molar-refractivity contribution in [3.8, 4) is 5.75 Å². The second-order valence-electron chi connectivity index (χ2n) is 6.04. The molecule has 1 aromatic carbocycles. The molecule has 1 aliphatic rings. The molecular weight excluding hydrogens is 306 g/mol. The summed E-state index contributed by atoms with van der Waals surface area (Å²) in [5.41, 5.74) is 6.63. The van der Waals surface area contributed by atoms with Crippen LogP contribution in [-0.4, -0.2) is 49.5 Å². The molecule has 0 aliphatic carbocycles. The smallest absolute Gasteiger partial charge is 0.260 e. The fourth-order valence-electron chi connectivity index (χ4n) is 2.82. The van der Waals surface area contributed by atoms with E-state index >= 15 is 0 Å². The van der Waals surface area contributed by atoms with Gasteiger partial charge in [-0.1, -0.05) is 19.1 Å². The fraction of sp³-hybridized carbons (Fsp3) is 0.556. The molecule has 1 unspecified atom stereocenters. The van der Waals surface area contributed by atoms with E-state index in [0.717, 1.165) is 19.3 Å². The van der Waals surface area contributed by atoms with E-state index < -0.39 is 0 Å². The van der Waals surface area contributed by atoms with Crippen molar-refractivity contribution in [1.82, 2.24) is 10.2 Å². The van der Waals surface area contributed by atoms with Crippen LogP contribution in [0, 0.1) is 5.92 Å². The van der Waals surface area contributed by atoms with Gasteiger partial charge in [0.15, 0.2) is 6.61 Å². The Morgan fingerprint density at radius 2 is 2.08 bits per heavy atom. The van der Waals surface area contributed by atoms with E-state index in [1.165, 1.54) is 5.56 Å². The zero-order valence-electron chi connectivity index (χ0n) is 14.3. The first kappa shape index (κ1) is 18.3. The third-order valence-electron chi connectivity index (χ3n) is 4.28. The maximum absolute atomic E-state index is 12.3. The number of likely N-dealkylation sites (tertiary alicyclic amines) is 1. The summed E-state index contributed by atoms with van der Waals surface area (Å²) in [4.78, 5) is 26.1. The molecule has 132 valence electrons. The van der Waals surface area contributed by atoms with Crippen molar-refractivity contribution >= 4 is 11.8 Å². The number of nitrogens with one attached hydrogen (secondary N) is 1. The SMILES string of the molecule is CCc1ccc(OCC(=O)N2CCCC(C(=O)NCCN)C2)cc1. The van der Waals surface area contributed by atoms with E-state index in [1.807, 2.05) is 24.3 Å². The first-order valence-electron chi connectivity index (χ1n) is 8.61. The minimum Gasteiger partial charge on any atom is -0.484 e. The summed E-state index contributed by atoms with van der Waals surface area (Å²) in [5, 5.41) is 2.80. The summed E-state index contributed by atoms with van der Waals surface area (Å²) in [6.07, 6.45) is 2.61. The van der Waals surface area contributed by atoms with Gasteiger partial charge in [0, 0.05) is 26.2 Å².